The molecule has 1 saturated heterocycles. The average Bonchev–Trinajstić information content (AvgIpc) is 3.34. The Labute approximate surface area is 178 Å². The van der Waals surface area contributed by atoms with Gasteiger partial charge in [0.05, 0.1) is 17.3 Å². The van der Waals surface area contributed by atoms with Crippen LogP contribution in [0, 0.1) is 12.8 Å². The molecule has 1 fully saturated rings. The second-order valence-corrected chi connectivity index (χ2v) is 8.83. The van der Waals surface area contributed by atoms with Crippen LogP contribution in [0.5, 0.6) is 0 Å². The number of hydrogen-bond acceptors (Lipinski definition) is 3. The van der Waals surface area contributed by atoms with Crippen molar-refractivity contribution in [3.05, 3.63) is 71.2 Å². The number of piperidine rings is 1. The first kappa shape index (κ1) is 19.3. The van der Waals surface area contributed by atoms with E-state index in [9.17, 15) is 4.79 Å². The van der Waals surface area contributed by atoms with Gasteiger partial charge in [0.25, 0.3) is 0 Å². The zero-order chi connectivity index (χ0) is 20.5. The molecule has 5 heteroatoms. The monoisotopic (exact) mass is 402 g/mol. The third-order valence-corrected chi connectivity index (χ3v) is 6.92. The molecule has 2 aliphatic rings. The summed E-state index contributed by atoms with van der Waals surface area (Å²) in [7, 11) is 0. The predicted molar refractivity (Wildman–Crippen MR) is 118 cm³/mol. The SMILES string of the molecule is Cc1nc2ccccn2c1CN1CCC(CNC(=O)C2CCc3ccccc32)CC1. The third kappa shape index (κ3) is 3.74. The van der Waals surface area contributed by atoms with E-state index in [1.165, 1.54) is 16.8 Å². The van der Waals surface area contributed by atoms with Crippen LogP contribution in [0.4, 0.5) is 0 Å². The lowest BCUT2D eigenvalue weighted by molar-refractivity contribution is -0.122. The number of carbonyl (C=O) groups excluding carboxylic acids is 1. The van der Waals surface area contributed by atoms with E-state index in [4.69, 9.17) is 0 Å². The van der Waals surface area contributed by atoms with E-state index in [1.807, 2.05) is 12.1 Å². The molecular weight excluding hydrogens is 372 g/mol. The van der Waals surface area contributed by atoms with Gasteiger partial charge < -0.3 is 9.72 Å². The highest BCUT2D eigenvalue weighted by Crippen LogP contribution is 2.33. The Bertz CT molecular complexity index is 1050. The number of rotatable bonds is 5. The van der Waals surface area contributed by atoms with Crippen molar-refractivity contribution in [1.82, 2.24) is 19.6 Å². The quantitative estimate of drug-likeness (QED) is 0.708. The van der Waals surface area contributed by atoms with E-state index < -0.39 is 0 Å². The number of imidazole rings is 1. The maximum atomic E-state index is 12.8. The standard InChI is InChI=1S/C25H30N4O/c1-18-23(29-13-5-4-8-24(29)27-18)17-28-14-11-19(12-15-28)16-26-25(30)22-10-9-20-6-2-3-7-21(20)22/h2-8,13,19,22H,9-12,14-17H2,1H3,(H,26,30). The highest BCUT2D eigenvalue weighted by molar-refractivity contribution is 5.84. The molecule has 1 unspecified atom stereocenters. The number of pyridine rings is 1. The van der Waals surface area contributed by atoms with Gasteiger partial charge in [-0.25, -0.2) is 4.98 Å². The van der Waals surface area contributed by atoms with Crippen LogP contribution in [0.1, 0.15) is 47.7 Å². The second kappa shape index (κ2) is 8.23. The minimum Gasteiger partial charge on any atom is -0.355 e. The number of aryl methyl sites for hydroxylation is 2. The number of amides is 1. The number of nitrogens with zero attached hydrogens (tertiary/aromatic N) is 3. The number of fused-ring (bicyclic) bond motifs is 2. The van der Waals surface area contributed by atoms with Crippen LogP contribution in [-0.4, -0.2) is 39.8 Å². The van der Waals surface area contributed by atoms with Gasteiger partial charge in [0.2, 0.25) is 5.91 Å². The summed E-state index contributed by atoms with van der Waals surface area (Å²) in [6.07, 6.45) is 6.35. The first-order chi connectivity index (χ1) is 14.7. The Morgan fingerprint density at radius 3 is 2.77 bits per heavy atom. The minimum atomic E-state index is 0.0411. The van der Waals surface area contributed by atoms with Crippen LogP contribution in [0.2, 0.25) is 0 Å². The van der Waals surface area contributed by atoms with E-state index in [2.05, 4.69) is 63.1 Å². The molecule has 2 aromatic heterocycles. The second-order valence-electron chi connectivity index (χ2n) is 8.83. The fourth-order valence-electron chi connectivity index (χ4n) is 5.11. The van der Waals surface area contributed by atoms with Crippen molar-refractivity contribution in [3.63, 3.8) is 0 Å². The first-order valence-electron chi connectivity index (χ1n) is 11.2. The van der Waals surface area contributed by atoms with E-state index >= 15 is 0 Å². The minimum absolute atomic E-state index is 0.0411. The van der Waals surface area contributed by atoms with Gasteiger partial charge in [-0.1, -0.05) is 30.3 Å². The summed E-state index contributed by atoms with van der Waals surface area (Å²) in [6, 6.07) is 14.6. The Morgan fingerprint density at radius 1 is 1.10 bits per heavy atom. The van der Waals surface area contributed by atoms with Crippen LogP contribution in [0.15, 0.2) is 48.7 Å². The van der Waals surface area contributed by atoms with Crippen LogP contribution in [0.3, 0.4) is 0 Å². The van der Waals surface area contributed by atoms with E-state index in [0.717, 1.165) is 63.2 Å². The highest BCUT2D eigenvalue weighted by atomic mass is 16.1. The van der Waals surface area contributed by atoms with Crippen LogP contribution >= 0.6 is 0 Å². The largest absolute Gasteiger partial charge is 0.355 e. The molecule has 1 aliphatic carbocycles. The molecule has 5 nitrogen and oxygen atoms in total. The van der Waals surface area contributed by atoms with Gasteiger partial charge in [0.1, 0.15) is 5.65 Å². The average molecular weight is 403 g/mol. The normalized spacial score (nSPS) is 19.8. The molecular formula is C25H30N4O. The number of likely N-dealkylation sites (tertiary alicyclic amines) is 1. The molecule has 1 atom stereocenters. The molecule has 30 heavy (non-hydrogen) atoms. The molecule has 0 spiro atoms. The van der Waals surface area contributed by atoms with Crippen molar-refractivity contribution >= 4 is 11.6 Å². The summed E-state index contributed by atoms with van der Waals surface area (Å²) >= 11 is 0. The zero-order valence-electron chi connectivity index (χ0n) is 17.7. The Balaban J connectivity index is 1.12. The maximum Gasteiger partial charge on any atom is 0.227 e. The van der Waals surface area contributed by atoms with Gasteiger partial charge in [0.15, 0.2) is 0 Å². The zero-order valence-corrected chi connectivity index (χ0v) is 17.7. The summed E-state index contributed by atoms with van der Waals surface area (Å²) in [6.45, 7) is 6.00. The molecule has 0 bridgehead atoms. The lowest BCUT2D eigenvalue weighted by Crippen LogP contribution is -2.39. The number of aromatic nitrogens is 2. The summed E-state index contributed by atoms with van der Waals surface area (Å²) in [4.78, 5) is 20.0. The maximum absolute atomic E-state index is 12.8. The lowest BCUT2D eigenvalue weighted by Gasteiger charge is -2.32. The Hall–Kier alpha value is -2.66. The highest BCUT2D eigenvalue weighted by Gasteiger charge is 2.29. The number of carbonyl (C=O) groups is 1. The molecule has 1 amide bonds. The number of hydrogen-bond donors (Lipinski definition) is 1. The van der Waals surface area contributed by atoms with Gasteiger partial charge in [-0.05, 0) is 74.9 Å². The van der Waals surface area contributed by atoms with Gasteiger partial charge in [-0.3, -0.25) is 9.69 Å². The van der Waals surface area contributed by atoms with Crippen LogP contribution in [0.25, 0.3) is 5.65 Å². The first-order valence-corrected chi connectivity index (χ1v) is 11.2. The molecule has 0 radical (unpaired) electrons. The third-order valence-electron chi connectivity index (χ3n) is 6.92. The fraction of sp³-hybridized carbons (Fsp3) is 0.440. The molecule has 0 saturated carbocycles. The number of nitrogens with one attached hydrogen (secondary N) is 1. The molecule has 1 aromatic carbocycles. The van der Waals surface area contributed by atoms with E-state index in [-0.39, 0.29) is 11.8 Å². The molecule has 3 heterocycles. The smallest absolute Gasteiger partial charge is 0.227 e. The van der Waals surface area contributed by atoms with Gasteiger partial charge >= 0.3 is 0 Å². The van der Waals surface area contributed by atoms with Gasteiger partial charge in [0, 0.05) is 19.3 Å². The van der Waals surface area contributed by atoms with Crippen molar-refractivity contribution in [2.24, 2.45) is 5.92 Å². The van der Waals surface area contributed by atoms with Crippen molar-refractivity contribution in [1.29, 1.82) is 0 Å². The fourth-order valence-corrected chi connectivity index (χ4v) is 5.11. The molecule has 1 aliphatic heterocycles. The molecule has 1 N–H and O–H groups in total. The predicted octanol–water partition coefficient (Wildman–Crippen LogP) is 3.70. The van der Waals surface area contributed by atoms with Crippen molar-refractivity contribution in [2.45, 2.75) is 45.1 Å². The molecule has 5 rings (SSSR count). The van der Waals surface area contributed by atoms with E-state index in [1.54, 1.807) is 0 Å². The van der Waals surface area contributed by atoms with E-state index in [0.29, 0.717) is 5.92 Å². The summed E-state index contributed by atoms with van der Waals surface area (Å²) < 4.78 is 2.21. The van der Waals surface area contributed by atoms with Crippen molar-refractivity contribution in [3.8, 4) is 0 Å². The summed E-state index contributed by atoms with van der Waals surface area (Å²) in [5.74, 6) is 0.827. The van der Waals surface area contributed by atoms with Crippen LogP contribution in [-0.2, 0) is 17.8 Å². The van der Waals surface area contributed by atoms with Gasteiger partial charge in [-0.2, -0.15) is 0 Å². The number of benzene rings is 1. The lowest BCUT2D eigenvalue weighted by atomic mass is 9.95. The van der Waals surface area contributed by atoms with Crippen molar-refractivity contribution < 1.29 is 4.79 Å². The Kier molecular flexibility index (Phi) is 5.30. The van der Waals surface area contributed by atoms with Crippen molar-refractivity contribution in [2.75, 3.05) is 19.6 Å². The van der Waals surface area contributed by atoms with Gasteiger partial charge in [-0.15, -0.1) is 0 Å². The topological polar surface area (TPSA) is 49.6 Å². The Morgan fingerprint density at radius 2 is 1.90 bits per heavy atom. The molecule has 3 aromatic rings. The molecule has 156 valence electrons. The van der Waals surface area contributed by atoms with Crippen LogP contribution < -0.4 is 5.32 Å². The summed E-state index contributed by atoms with van der Waals surface area (Å²) in [5.41, 5.74) is 6.00. The summed E-state index contributed by atoms with van der Waals surface area (Å²) in [5, 5.41) is 3.26.